The van der Waals surface area contributed by atoms with Crippen molar-refractivity contribution in [3.05, 3.63) is 0 Å². The molecule has 160 valence electrons. The molecule has 2 rings (SSSR count). The molecule has 4 amide bonds. The van der Waals surface area contributed by atoms with Gasteiger partial charge in [0.1, 0.15) is 0 Å². The van der Waals surface area contributed by atoms with Crippen LogP contribution in [-0.2, 0) is 9.59 Å². The zero-order chi connectivity index (χ0) is 20.2. The Morgan fingerprint density at radius 1 is 0.964 bits per heavy atom. The SMILES string of the molecule is O=C(CCS)NCCCCCCNC(=O)CCCC[C@@H]1SC[C@@H]2NC(=O)N[C@@H]21. The first-order valence-electron chi connectivity index (χ1n) is 10.4. The van der Waals surface area contributed by atoms with Gasteiger partial charge in [-0.15, -0.1) is 0 Å². The van der Waals surface area contributed by atoms with Crippen molar-refractivity contribution in [2.24, 2.45) is 0 Å². The van der Waals surface area contributed by atoms with Gasteiger partial charge in [-0.25, -0.2) is 4.79 Å². The second-order valence-electron chi connectivity index (χ2n) is 7.46. The fourth-order valence-electron chi connectivity index (χ4n) is 3.61. The normalized spacial score (nSPS) is 23.0. The molecule has 0 aromatic carbocycles. The molecule has 0 spiro atoms. The Hall–Kier alpha value is -1.09. The van der Waals surface area contributed by atoms with E-state index in [9.17, 15) is 14.4 Å². The standard InChI is InChI=1S/C19H34N4O3S2/c24-16(20-10-5-1-2-6-11-21-17(25)9-12-27)8-4-3-7-15-18-14(13-28-15)22-19(26)23-18/h14-15,18,27H,1-13H2,(H,20,24)(H,21,25)(H2,22,23,26)/t14-,15-,18-/m0/s1. The number of hydrogen-bond donors (Lipinski definition) is 5. The number of carbonyl (C=O) groups excluding carboxylic acids is 3. The van der Waals surface area contributed by atoms with E-state index >= 15 is 0 Å². The summed E-state index contributed by atoms with van der Waals surface area (Å²) < 4.78 is 0. The number of hydrogen-bond acceptors (Lipinski definition) is 5. The second-order valence-corrected chi connectivity index (χ2v) is 9.17. The van der Waals surface area contributed by atoms with Crippen molar-refractivity contribution in [3.8, 4) is 0 Å². The highest BCUT2D eigenvalue weighted by Gasteiger charge is 2.42. The van der Waals surface area contributed by atoms with E-state index in [0.717, 1.165) is 63.8 Å². The number of fused-ring (bicyclic) bond motifs is 1. The van der Waals surface area contributed by atoms with Crippen molar-refractivity contribution in [1.82, 2.24) is 21.3 Å². The number of urea groups is 1. The summed E-state index contributed by atoms with van der Waals surface area (Å²) >= 11 is 5.95. The summed E-state index contributed by atoms with van der Waals surface area (Å²) in [5, 5.41) is 12.3. The molecule has 0 unspecified atom stereocenters. The van der Waals surface area contributed by atoms with Crippen LogP contribution >= 0.6 is 24.4 Å². The van der Waals surface area contributed by atoms with Gasteiger partial charge in [0.25, 0.3) is 0 Å². The van der Waals surface area contributed by atoms with Crippen molar-refractivity contribution < 1.29 is 14.4 Å². The van der Waals surface area contributed by atoms with Gasteiger partial charge in [-0.2, -0.15) is 24.4 Å². The third kappa shape index (κ3) is 8.51. The van der Waals surface area contributed by atoms with Crippen LogP contribution in [-0.4, -0.2) is 59.8 Å². The highest BCUT2D eigenvalue weighted by molar-refractivity contribution is 8.00. The van der Waals surface area contributed by atoms with Crippen molar-refractivity contribution in [2.75, 3.05) is 24.6 Å². The minimum atomic E-state index is -0.0436. The van der Waals surface area contributed by atoms with Gasteiger partial charge in [-0.1, -0.05) is 19.3 Å². The van der Waals surface area contributed by atoms with Gasteiger partial charge in [-0.3, -0.25) is 9.59 Å². The van der Waals surface area contributed by atoms with E-state index in [1.165, 1.54) is 0 Å². The van der Waals surface area contributed by atoms with Crippen LogP contribution in [0.4, 0.5) is 4.79 Å². The van der Waals surface area contributed by atoms with E-state index in [2.05, 4.69) is 33.9 Å². The van der Waals surface area contributed by atoms with Crippen LogP contribution in [0.25, 0.3) is 0 Å². The van der Waals surface area contributed by atoms with Gasteiger partial charge < -0.3 is 21.3 Å². The molecule has 2 aliphatic rings. The molecule has 28 heavy (non-hydrogen) atoms. The monoisotopic (exact) mass is 430 g/mol. The predicted octanol–water partition coefficient (Wildman–Crippen LogP) is 1.82. The zero-order valence-electron chi connectivity index (χ0n) is 16.5. The molecule has 3 atom stereocenters. The summed E-state index contributed by atoms with van der Waals surface area (Å²) in [6.07, 6.45) is 8.08. The van der Waals surface area contributed by atoms with E-state index in [4.69, 9.17) is 0 Å². The Morgan fingerprint density at radius 3 is 2.32 bits per heavy atom. The Balaban J connectivity index is 1.37. The lowest BCUT2D eigenvalue weighted by Crippen LogP contribution is -2.36. The Kier molecular flexibility index (Phi) is 10.9. The molecule has 0 radical (unpaired) electrons. The topological polar surface area (TPSA) is 99.3 Å². The molecule has 2 saturated heterocycles. The minimum Gasteiger partial charge on any atom is -0.356 e. The second kappa shape index (κ2) is 13.2. The first-order chi connectivity index (χ1) is 13.6. The van der Waals surface area contributed by atoms with Gasteiger partial charge in [0, 0.05) is 36.9 Å². The summed E-state index contributed by atoms with van der Waals surface area (Å²) in [4.78, 5) is 34.5. The highest BCUT2D eigenvalue weighted by Crippen LogP contribution is 2.33. The third-order valence-electron chi connectivity index (χ3n) is 5.17. The van der Waals surface area contributed by atoms with Crippen LogP contribution in [0.15, 0.2) is 0 Å². The largest absolute Gasteiger partial charge is 0.356 e. The maximum atomic E-state index is 11.9. The fraction of sp³-hybridized carbons (Fsp3) is 0.842. The number of rotatable bonds is 14. The maximum absolute atomic E-state index is 11.9. The predicted molar refractivity (Wildman–Crippen MR) is 117 cm³/mol. The minimum absolute atomic E-state index is 0.0436. The summed E-state index contributed by atoms with van der Waals surface area (Å²) in [6.45, 7) is 1.45. The zero-order valence-corrected chi connectivity index (χ0v) is 18.2. The van der Waals surface area contributed by atoms with Crippen LogP contribution in [0.1, 0.15) is 57.8 Å². The van der Waals surface area contributed by atoms with E-state index < -0.39 is 0 Å². The van der Waals surface area contributed by atoms with E-state index in [1.54, 1.807) is 0 Å². The summed E-state index contributed by atoms with van der Waals surface area (Å²) in [6, 6.07) is 0.482. The Morgan fingerprint density at radius 2 is 1.64 bits per heavy atom. The van der Waals surface area contributed by atoms with Crippen molar-refractivity contribution in [2.45, 2.75) is 75.1 Å². The molecule has 2 aliphatic heterocycles. The molecule has 9 heteroatoms. The average Bonchev–Trinajstić information content (AvgIpc) is 3.20. The average molecular weight is 431 g/mol. The number of thioether (sulfide) groups is 1. The lowest BCUT2D eigenvalue weighted by Gasteiger charge is -2.16. The maximum Gasteiger partial charge on any atom is 0.315 e. The molecule has 2 heterocycles. The van der Waals surface area contributed by atoms with Crippen LogP contribution in [0.3, 0.4) is 0 Å². The molecular formula is C19H34N4O3S2. The first-order valence-corrected chi connectivity index (χ1v) is 12.1. The smallest absolute Gasteiger partial charge is 0.315 e. The van der Waals surface area contributed by atoms with E-state index in [-0.39, 0.29) is 29.9 Å². The van der Waals surface area contributed by atoms with Gasteiger partial charge in [0.15, 0.2) is 0 Å². The van der Waals surface area contributed by atoms with Crippen LogP contribution in [0.5, 0.6) is 0 Å². The van der Waals surface area contributed by atoms with Gasteiger partial charge in [0.2, 0.25) is 11.8 Å². The molecule has 7 nitrogen and oxygen atoms in total. The van der Waals surface area contributed by atoms with E-state index in [1.807, 2.05) is 11.8 Å². The first kappa shape index (κ1) is 23.2. The number of carbonyl (C=O) groups is 3. The Labute approximate surface area is 177 Å². The van der Waals surface area contributed by atoms with E-state index in [0.29, 0.717) is 23.8 Å². The highest BCUT2D eigenvalue weighted by atomic mass is 32.2. The molecule has 0 saturated carbocycles. The number of nitrogens with one attached hydrogen (secondary N) is 4. The quantitative estimate of drug-likeness (QED) is 0.165. The summed E-state index contributed by atoms with van der Waals surface area (Å²) in [7, 11) is 0. The molecule has 4 N–H and O–H groups in total. The van der Waals surface area contributed by atoms with Crippen molar-refractivity contribution in [3.63, 3.8) is 0 Å². The van der Waals surface area contributed by atoms with Crippen LogP contribution < -0.4 is 21.3 Å². The molecule has 0 aromatic rings. The molecule has 2 fully saturated rings. The van der Waals surface area contributed by atoms with Crippen molar-refractivity contribution >= 4 is 42.2 Å². The lowest BCUT2D eigenvalue weighted by atomic mass is 10.0. The molecular weight excluding hydrogens is 396 g/mol. The van der Waals surface area contributed by atoms with Crippen LogP contribution in [0, 0.1) is 0 Å². The van der Waals surface area contributed by atoms with Gasteiger partial charge in [0.05, 0.1) is 12.1 Å². The van der Waals surface area contributed by atoms with Gasteiger partial charge >= 0.3 is 6.03 Å². The summed E-state index contributed by atoms with van der Waals surface area (Å²) in [5.74, 6) is 1.77. The summed E-state index contributed by atoms with van der Waals surface area (Å²) in [5.41, 5.74) is 0. The van der Waals surface area contributed by atoms with Crippen molar-refractivity contribution in [1.29, 1.82) is 0 Å². The molecule has 0 aromatic heterocycles. The molecule has 0 bridgehead atoms. The molecule has 0 aliphatic carbocycles. The lowest BCUT2D eigenvalue weighted by molar-refractivity contribution is -0.121. The van der Waals surface area contributed by atoms with Gasteiger partial charge in [-0.05, 0) is 31.4 Å². The number of unbranched alkanes of at least 4 members (excludes halogenated alkanes) is 4. The fourth-order valence-corrected chi connectivity index (χ4v) is 5.36. The Bertz CT molecular complexity index is 521. The van der Waals surface area contributed by atoms with Crippen LogP contribution in [0.2, 0.25) is 0 Å². The number of amides is 4. The third-order valence-corrected chi connectivity index (χ3v) is 6.90. The number of thiol groups is 1.